The Balaban J connectivity index is 0.000000244. The van der Waals surface area contributed by atoms with Crippen molar-refractivity contribution in [1.29, 1.82) is 0 Å². The van der Waals surface area contributed by atoms with Crippen LogP contribution in [-0.2, 0) is 15.6 Å². The average molecular weight is 525 g/mol. The molecule has 2 aliphatic carbocycles. The van der Waals surface area contributed by atoms with Gasteiger partial charge in [-0.25, -0.2) is 13.5 Å². The van der Waals surface area contributed by atoms with E-state index in [0.29, 0.717) is 18.4 Å². The summed E-state index contributed by atoms with van der Waals surface area (Å²) >= 11 is 0. The highest BCUT2D eigenvalue weighted by Crippen LogP contribution is 2.41. The lowest BCUT2D eigenvalue weighted by Gasteiger charge is -2.28. The van der Waals surface area contributed by atoms with Gasteiger partial charge in [0.1, 0.15) is 12.2 Å². The highest BCUT2D eigenvalue weighted by Gasteiger charge is 2.46. The lowest BCUT2D eigenvalue weighted by Crippen LogP contribution is -2.34. The predicted molar refractivity (Wildman–Crippen MR) is 136 cm³/mol. The van der Waals surface area contributed by atoms with Gasteiger partial charge in [-0.15, -0.1) is 5.10 Å². The van der Waals surface area contributed by atoms with E-state index in [1.54, 1.807) is 10.7 Å². The molecule has 0 aliphatic heterocycles. The number of halogens is 2. The summed E-state index contributed by atoms with van der Waals surface area (Å²) < 4.78 is 32.6. The first-order valence-electron chi connectivity index (χ1n) is 12.9. The predicted octanol–water partition coefficient (Wildman–Crippen LogP) is 2.96. The van der Waals surface area contributed by atoms with Crippen LogP contribution in [0.5, 0.6) is 0 Å². The second-order valence-electron chi connectivity index (χ2n) is 12.1. The molecule has 208 valence electrons. The van der Waals surface area contributed by atoms with Crippen molar-refractivity contribution in [1.82, 2.24) is 20.3 Å². The first-order valence-corrected chi connectivity index (χ1v) is 12.9. The SMILES string of the molecule is CC(C)(C)c1nnn([C@@H]2C[C@H](OCCO)[C@@H](O)[C@H]2O)c1C(C)(C)C.CN[C@@H]1C[C@H]1c1ccc(F)c(F)c1. The largest absolute Gasteiger partial charge is 0.394 e. The van der Waals surface area contributed by atoms with Gasteiger partial charge in [-0.3, -0.25) is 0 Å². The normalized spacial score (nSPS) is 27.7. The minimum Gasteiger partial charge on any atom is -0.394 e. The molecular formula is C27H42F2N4O4. The minimum atomic E-state index is -1.00. The Bertz CT molecular complexity index is 1050. The summed E-state index contributed by atoms with van der Waals surface area (Å²) in [6.07, 6.45) is -1.06. The molecule has 0 bridgehead atoms. The molecule has 4 N–H and O–H groups in total. The van der Waals surface area contributed by atoms with Gasteiger partial charge >= 0.3 is 0 Å². The van der Waals surface area contributed by atoms with Crippen LogP contribution >= 0.6 is 0 Å². The van der Waals surface area contributed by atoms with E-state index in [-0.39, 0.29) is 24.0 Å². The number of benzene rings is 1. The molecule has 37 heavy (non-hydrogen) atoms. The zero-order valence-corrected chi connectivity index (χ0v) is 22.9. The number of nitrogens with zero attached hydrogens (tertiary/aromatic N) is 3. The Kier molecular flexibility index (Phi) is 9.12. The zero-order chi connectivity index (χ0) is 27.7. The van der Waals surface area contributed by atoms with Gasteiger partial charge in [-0.2, -0.15) is 0 Å². The van der Waals surface area contributed by atoms with Crippen molar-refractivity contribution in [3.63, 3.8) is 0 Å². The van der Waals surface area contributed by atoms with E-state index < -0.39 is 36.0 Å². The van der Waals surface area contributed by atoms with Crippen LogP contribution in [0.25, 0.3) is 0 Å². The van der Waals surface area contributed by atoms with E-state index in [1.807, 2.05) is 7.05 Å². The molecule has 0 radical (unpaired) electrons. The van der Waals surface area contributed by atoms with E-state index in [9.17, 15) is 19.0 Å². The van der Waals surface area contributed by atoms with Crippen LogP contribution in [0.1, 0.15) is 83.3 Å². The molecule has 1 aromatic heterocycles. The summed E-state index contributed by atoms with van der Waals surface area (Å²) in [5.74, 6) is -1.16. The summed E-state index contributed by atoms with van der Waals surface area (Å²) in [6, 6.07) is 4.17. The topological polar surface area (TPSA) is 113 Å². The molecule has 0 amide bonds. The van der Waals surface area contributed by atoms with Crippen molar-refractivity contribution >= 4 is 0 Å². The van der Waals surface area contributed by atoms with Crippen molar-refractivity contribution in [2.24, 2.45) is 0 Å². The van der Waals surface area contributed by atoms with Crippen LogP contribution in [0.3, 0.4) is 0 Å². The molecule has 0 saturated heterocycles. The quantitative estimate of drug-likeness (QED) is 0.460. The highest BCUT2D eigenvalue weighted by molar-refractivity contribution is 5.29. The number of aliphatic hydroxyl groups excluding tert-OH is 3. The number of ether oxygens (including phenoxy) is 1. The van der Waals surface area contributed by atoms with Gasteiger partial charge in [-0.05, 0) is 31.2 Å². The van der Waals surface area contributed by atoms with Crippen LogP contribution in [0.4, 0.5) is 8.78 Å². The van der Waals surface area contributed by atoms with Gasteiger partial charge in [0.05, 0.1) is 36.7 Å². The van der Waals surface area contributed by atoms with E-state index in [1.165, 1.54) is 12.1 Å². The van der Waals surface area contributed by atoms with Gasteiger partial charge < -0.3 is 25.4 Å². The molecule has 2 aliphatic rings. The van der Waals surface area contributed by atoms with Crippen molar-refractivity contribution in [2.75, 3.05) is 20.3 Å². The molecule has 2 saturated carbocycles. The second kappa shape index (κ2) is 11.4. The smallest absolute Gasteiger partial charge is 0.159 e. The third-order valence-electron chi connectivity index (χ3n) is 6.98. The standard InChI is InChI=1S/C17H31N3O4.C10H11F2N/c1-16(2,3)14-15(17(4,5)6)20(19-18-14)10-9-11(24-8-7-21)13(23)12(10)22;1-13-10-5-7(10)6-2-3-8(11)9(12)4-6/h10-13,21-23H,7-9H2,1-6H3;2-4,7,10,13H,5H2,1H3/t10-,11+,12+,13-;7-,10+/m10/s1. The van der Waals surface area contributed by atoms with Crippen molar-refractivity contribution < 1.29 is 28.8 Å². The molecule has 1 heterocycles. The van der Waals surface area contributed by atoms with E-state index in [0.717, 1.165) is 23.4 Å². The number of aromatic nitrogens is 3. The van der Waals surface area contributed by atoms with E-state index >= 15 is 0 Å². The molecule has 0 unspecified atom stereocenters. The Morgan fingerprint density at radius 2 is 1.70 bits per heavy atom. The van der Waals surface area contributed by atoms with Crippen LogP contribution < -0.4 is 5.32 Å². The lowest BCUT2D eigenvalue weighted by molar-refractivity contribution is -0.0631. The number of rotatable bonds is 6. The van der Waals surface area contributed by atoms with Gasteiger partial charge in [0.2, 0.25) is 0 Å². The second-order valence-corrected chi connectivity index (χ2v) is 12.1. The number of aliphatic hydroxyl groups is 3. The third kappa shape index (κ3) is 6.72. The first kappa shape index (κ1) is 29.6. The van der Waals surface area contributed by atoms with E-state index in [2.05, 4.69) is 57.2 Å². The number of nitrogens with one attached hydrogen (secondary N) is 1. The van der Waals surface area contributed by atoms with Crippen molar-refractivity contribution in [3.05, 3.63) is 46.8 Å². The first-order chi connectivity index (χ1) is 17.2. The summed E-state index contributed by atoms with van der Waals surface area (Å²) in [5.41, 5.74) is 2.38. The Labute approximate surface area is 218 Å². The maximum absolute atomic E-state index is 12.8. The van der Waals surface area contributed by atoms with Gasteiger partial charge in [0.25, 0.3) is 0 Å². The zero-order valence-electron chi connectivity index (χ0n) is 22.9. The molecule has 6 atom stereocenters. The highest BCUT2D eigenvalue weighted by atomic mass is 19.2. The van der Waals surface area contributed by atoms with Gasteiger partial charge in [-0.1, -0.05) is 52.8 Å². The van der Waals surface area contributed by atoms with Gasteiger partial charge in [0.15, 0.2) is 11.6 Å². The molecule has 2 aromatic rings. The molecular weight excluding hydrogens is 482 g/mol. The van der Waals surface area contributed by atoms with Crippen LogP contribution in [0.15, 0.2) is 18.2 Å². The fourth-order valence-electron chi connectivity index (χ4n) is 4.93. The Morgan fingerprint density at radius 1 is 1.03 bits per heavy atom. The average Bonchev–Trinajstić information content (AvgIpc) is 3.36. The summed E-state index contributed by atoms with van der Waals surface area (Å²) in [5, 5.41) is 41.5. The van der Waals surface area contributed by atoms with Gasteiger partial charge in [0, 0.05) is 29.2 Å². The van der Waals surface area contributed by atoms with Crippen LogP contribution in [-0.4, -0.2) is 74.9 Å². The van der Waals surface area contributed by atoms with Crippen molar-refractivity contribution in [3.8, 4) is 0 Å². The molecule has 0 spiro atoms. The minimum absolute atomic E-state index is 0.116. The summed E-state index contributed by atoms with van der Waals surface area (Å²) in [4.78, 5) is 0. The molecule has 8 nitrogen and oxygen atoms in total. The number of hydrogen-bond acceptors (Lipinski definition) is 7. The third-order valence-corrected chi connectivity index (χ3v) is 6.98. The molecule has 10 heteroatoms. The number of hydrogen-bond donors (Lipinski definition) is 4. The fourth-order valence-corrected chi connectivity index (χ4v) is 4.93. The van der Waals surface area contributed by atoms with E-state index in [4.69, 9.17) is 9.84 Å². The molecule has 2 fully saturated rings. The fraction of sp³-hybridized carbons (Fsp3) is 0.704. The summed E-state index contributed by atoms with van der Waals surface area (Å²) in [6.45, 7) is 12.6. The monoisotopic (exact) mass is 524 g/mol. The maximum atomic E-state index is 12.8. The Hall–Kier alpha value is -1.98. The summed E-state index contributed by atoms with van der Waals surface area (Å²) in [7, 11) is 1.88. The van der Waals surface area contributed by atoms with Crippen molar-refractivity contribution in [2.45, 2.75) is 102 Å². The Morgan fingerprint density at radius 3 is 2.22 bits per heavy atom. The lowest BCUT2D eigenvalue weighted by atomic mass is 9.81. The molecule has 1 aromatic carbocycles. The number of likely N-dealkylation sites (N-methyl/N-ethyl adjacent to an activating group) is 1. The molecule has 4 rings (SSSR count). The maximum Gasteiger partial charge on any atom is 0.159 e. The van der Waals surface area contributed by atoms with Crippen LogP contribution in [0.2, 0.25) is 0 Å². The van der Waals surface area contributed by atoms with Crippen LogP contribution in [0, 0.1) is 11.6 Å².